The molecule has 5 atom stereocenters. The fourth-order valence-corrected chi connectivity index (χ4v) is 12.2. The third-order valence-corrected chi connectivity index (χ3v) is 18.7. The molecule has 0 bridgehead atoms. The Kier molecular flexibility index (Phi) is 70.8. The second-order valence-electron chi connectivity index (χ2n) is 26.6. The maximum atomic E-state index is 13.1. The van der Waals surface area contributed by atoms with Gasteiger partial charge in [0.2, 0.25) is 0 Å². The van der Waals surface area contributed by atoms with Gasteiger partial charge in [0.05, 0.1) is 26.4 Å². The standard InChI is InChI=1S/C81H144O17P2/c1-5-9-13-17-21-25-29-33-36-37-40-44-48-52-56-60-64-68-81(86)98-77(72-92-79(84)66-62-58-54-50-46-42-38-34-30-26-22-18-14-10-6-2)74-96-100(89,90)94-70-75(82)69-93-99(87,88)95-73-76(71-91-78(83)65-61-57-53-49-45-41-32-28-24-20-16-12-8-4)97-80(85)67-63-59-55-51-47-43-39-35-31-27-23-19-15-11-7-3/h21,25,28,32-36,38-40,44,52,56,75-77,82H,5-20,22-24,26-27,29-31,37,41-43,45-51,53-55,57-74H2,1-4H3,(H,87,88)(H,89,90)/b25-21-,32-28-,36-33-,38-34-,39-35-,44-40-,56-52-/t75-,76+,77+/m0/s1. The Morgan fingerprint density at radius 3 is 0.830 bits per heavy atom. The van der Waals surface area contributed by atoms with Gasteiger partial charge in [0.1, 0.15) is 19.3 Å². The summed E-state index contributed by atoms with van der Waals surface area (Å²) < 4.78 is 68.5. The minimum Gasteiger partial charge on any atom is -0.462 e. The van der Waals surface area contributed by atoms with Crippen LogP contribution in [-0.2, 0) is 65.4 Å². The predicted octanol–water partition coefficient (Wildman–Crippen LogP) is 23.0. The molecule has 0 radical (unpaired) electrons. The van der Waals surface area contributed by atoms with Crippen LogP contribution < -0.4 is 0 Å². The van der Waals surface area contributed by atoms with Gasteiger partial charge in [0.25, 0.3) is 0 Å². The summed E-state index contributed by atoms with van der Waals surface area (Å²) in [4.78, 5) is 72.9. The maximum Gasteiger partial charge on any atom is 0.472 e. The number of ether oxygens (including phenoxy) is 4. The van der Waals surface area contributed by atoms with E-state index < -0.39 is 97.5 Å². The molecule has 0 saturated carbocycles. The zero-order valence-corrected chi connectivity index (χ0v) is 65.2. The summed E-state index contributed by atoms with van der Waals surface area (Å²) in [6, 6.07) is 0. The van der Waals surface area contributed by atoms with E-state index in [0.717, 1.165) is 141 Å². The van der Waals surface area contributed by atoms with E-state index in [9.17, 15) is 43.2 Å². The van der Waals surface area contributed by atoms with Gasteiger partial charge in [-0.3, -0.25) is 37.3 Å². The number of hydrogen-bond donors (Lipinski definition) is 3. The Morgan fingerprint density at radius 1 is 0.280 bits per heavy atom. The van der Waals surface area contributed by atoms with Gasteiger partial charge in [-0.1, -0.05) is 267 Å². The van der Waals surface area contributed by atoms with Crippen molar-refractivity contribution in [1.82, 2.24) is 0 Å². The van der Waals surface area contributed by atoms with Crippen molar-refractivity contribution in [2.75, 3.05) is 39.6 Å². The second-order valence-corrected chi connectivity index (χ2v) is 29.5. The molecule has 0 aromatic heterocycles. The molecule has 0 rings (SSSR count). The number of aliphatic hydroxyl groups is 1. The van der Waals surface area contributed by atoms with E-state index in [1.165, 1.54) is 122 Å². The van der Waals surface area contributed by atoms with Crippen LogP contribution in [0.3, 0.4) is 0 Å². The fraction of sp³-hybridized carbons (Fsp3) is 0.778. The first-order valence-electron chi connectivity index (χ1n) is 39.8. The molecule has 3 N–H and O–H groups in total. The van der Waals surface area contributed by atoms with Crippen molar-refractivity contribution >= 4 is 39.5 Å². The first-order chi connectivity index (χ1) is 48.7. The Hall–Kier alpha value is -3.76. The third kappa shape index (κ3) is 72.6. The topological polar surface area (TPSA) is 237 Å². The zero-order chi connectivity index (χ0) is 73.2. The van der Waals surface area contributed by atoms with E-state index in [2.05, 4.69) is 101 Å². The lowest BCUT2D eigenvalue weighted by Gasteiger charge is -2.21. The van der Waals surface area contributed by atoms with Gasteiger partial charge in [-0.05, 0) is 141 Å². The molecule has 0 aliphatic rings. The van der Waals surface area contributed by atoms with E-state index in [1.54, 1.807) is 0 Å². The number of allylic oxidation sites excluding steroid dienone is 14. The maximum absolute atomic E-state index is 13.1. The van der Waals surface area contributed by atoms with Crippen LogP contribution >= 0.6 is 15.6 Å². The largest absolute Gasteiger partial charge is 0.472 e. The van der Waals surface area contributed by atoms with Gasteiger partial charge in [-0.25, -0.2) is 9.13 Å². The van der Waals surface area contributed by atoms with Crippen molar-refractivity contribution in [3.63, 3.8) is 0 Å². The van der Waals surface area contributed by atoms with Crippen molar-refractivity contribution in [2.24, 2.45) is 0 Å². The molecule has 2 unspecified atom stereocenters. The van der Waals surface area contributed by atoms with E-state index in [4.69, 9.17) is 37.0 Å². The summed E-state index contributed by atoms with van der Waals surface area (Å²) in [5.41, 5.74) is 0. The number of esters is 4. The van der Waals surface area contributed by atoms with Gasteiger partial charge < -0.3 is 33.8 Å². The number of rotatable bonds is 75. The molecule has 0 saturated heterocycles. The molecule has 0 amide bonds. The van der Waals surface area contributed by atoms with E-state index in [-0.39, 0.29) is 25.7 Å². The number of carbonyl (C=O) groups excluding carboxylic acids is 4. The third-order valence-electron chi connectivity index (χ3n) is 16.8. The number of phosphoric ester groups is 2. The molecule has 0 heterocycles. The second kappa shape index (κ2) is 73.5. The normalized spacial score (nSPS) is 14.3. The summed E-state index contributed by atoms with van der Waals surface area (Å²) in [6.07, 6.45) is 75.7. The van der Waals surface area contributed by atoms with Crippen LogP contribution in [0, 0.1) is 0 Å². The van der Waals surface area contributed by atoms with Crippen molar-refractivity contribution < 1.29 is 80.2 Å². The molecule has 0 fully saturated rings. The summed E-state index contributed by atoms with van der Waals surface area (Å²) in [5.74, 6) is -2.25. The summed E-state index contributed by atoms with van der Waals surface area (Å²) in [7, 11) is -9.97. The summed E-state index contributed by atoms with van der Waals surface area (Å²) >= 11 is 0. The van der Waals surface area contributed by atoms with Crippen molar-refractivity contribution in [3.05, 3.63) is 85.1 Å². The Labute approximate surface area is 608 Å². The summed E-state index contributed by atoms with van der Waals surface area (Å²) in [6.45, 7) is 4.77. The van der Waals surface area contributed by atoms with Crippen LogP contribution in [0.25, 0.3) is 0 Å². The minimum absolute atomic E-state index is 0.0188. The molecule has 0 aliphatic heterocycles. The van der Waals surface area contributed by atoms with Crippen LogP contribution in [0.5, 0.6) is 0 Å². The Balaban J connectivity index is 5.41. The smallest absolute Gasteiger partial charge is 0.462 e. The molecule has 17 nitrogen and oxygen atoms in total. The number of hydrogen-bond acceptors (Lipinski definition) is 15. The van der Waals surface area contributed by atoms with Gasteiger partial charge in [-0.15, -0.1) is 0 Å². The monoisotopic (exact) mass is 1450 g/mol. The fourth-order valence-electron chi connectivity index (χ4n) is 10.7. The highest BCUT2D eigenvalue weighted by Gasteiger charge is 2.30. The van der Waals surface area contributed by atoms with Gasteiger partial charge in [0.15, 0.2) is 12.2 Å². The Bertz CT molecular complexity index is 2230. The first-order valence-corrected chi connectivity index (χ1v) is 42.8. The number of aliphatic hydroxyl groups excluding tert-OH is 1. The van der Waals surface area contributed by atoms with E-state index in [0.29, 0.717) is 32.1 Å². The molecule has 580 valence electrons. The minimum atomic E-state index is -4.99. The summed E-state index contributed by atoms with van der Waals surface area (Å²) in [5, 5.41) is 10.6. The van der Waals surface area contributed by atoms with Crippen LogP contribution in [0.2, 0.25) is 0 Å². The highest BCUT2D eigenvalue weighted by molar-refractivity contribution is 7.47. The van der Waals surface area contributed by atoms with Crippen molar-refractivity contribution in [2.45, 2.75) is 367 Å². The average Bonchev–Trinajstić information content (AvgIpc) is 1.22. The molecule has 100 heavy (non-hydrogen) atoms. The molecule has 0 aliphatic carbocycles. The van der Waals surface area contributed by atoms with Gasteiger partial charge in [-0.2, -0.15) is 0 Å². The first kappa shape index (κ1) is 96.2. The van der Waals surface area contributed by atoms with Gasteiger partial charge in [0, 0.05) is 25.7 Å². The molecular formula is C81H144O17P2. The zero-order valence-electron chi connectivity index (χ0n) is 63.4. The molecular weight excluding hydrogens is 1310 g/mol. The van der Waals surface area contributed by atoms with Crippen LogP contribution in [0.1, 0.15) is 349 Å². The van der Waals surface area contributed by atoms with Crippen LogP contribution in [0.4, 0.5) is 0 Å². The van der Waals surface area contributed by atoms with E-state index >= 15 is 0 Å². The highest BCUT2D eigenvalue weighted by atomic mass is 31.2. The SMILES string of the molecule is CCCCC/C=C\C/C=C\C/C=C\C/C=C\CCCC(=O)O[C@H](COC(=O)CCCCCCC/C=C\CCCCCCCC)COP(=O)(O)OC[C@@H](O)COP(=O)(O)OC[C@@H](COC(=O)CCCCCCC/C=C\CCCCCC)OC(=O)CCCCCCC/C=C\CCCCCCCC. The average molecular weight is 1450 g/mol. The lowest BCUT2D eigenvalue weighted by Crippen LogP contribution is -2.30. The quantitative estimate of drug-likeness (QED) is 0.0169. The lowest BCUT2D eigenvalue weighted by molar-refractivity contribution is -0.161. The van der Waals surface area contributed by atoms with Gasteiger partial charge >= 0.3 is 39.5 Å². The molecule has 0 aromatic carbocycles. The van der Waals surface area contributed by atoms with Crippen molar-refractivity contribution in [3.8, 4) is 0 Å². The molecule has 0 spiro atoms. The van der Waals surface area contributed by atoms with Crippen molar-refractivity contribution in [1.29, 1.82) is 0 Å². The van der Waals surface area contributed by atoms with E-state index in [1.807, 2.05) is 12.2 Å². The predicted molar refractivity (Wildman–Crippen MR) is 409 cm³/mol. The Morgan fingerprint density at radius 2 is 0.500 bits per heavy atom. The van der Waals surface area contributed by atoms with Crippen LogP contribution in [0.15, 0.2) is 85.1 Å². The molecule has 0 aromatic rings. The van der Waals surface area contributed by atoms with Crippen LogP contribution in [-0.4, -0.2) is 96.7 Å². The highest BCUT2D eigenvalue weighted by Crippen LogP contribution is 2.45. The molecule has 19 heteroatoms. The number of phosphoric acid groups is 2. The number of carbonyl (C=O) groups is 4. The number of unbranched alkanes of at least 4 members (excludes halogenated alkanes) is 35. The lowest BCUT2D eigenvalue weighted by atomic mass is 10.1.